The monoisotopic (exact) mass is 661 g/mol. The van der Waals surface area contributed by atoms with Crippen LogP contribution in [0.25, 0.3) is 11.1 Å². The molecule has 5 aromatic rings. The highest BCUT2D eigenvalue weighted by molar-refractivity contribution is 7.07. The standard InChI is InChI=1S/C38H39N5O4S/c1-45-31-8-3-27(4-9-31)22-43-17-15-42(16-18-43)14-13-26-5-11-33-35(19-26)41-38(44)32-10-6-28(20-34(32)40-33)29-7-12-36(37(21-29)46-2)47-23-30-24-48-25-39-30/h3-12,19-21,24-25,40H,13-18,22-23H2,1-2H3,(H,41,44). The molecule has 3 heterocycles. The molecule has 0 saturated carbocycles. The molecule has 0 radical (unpaired) electrons. The molecule has 0 atom stereocenters. The van der Waals surface area contributed by atoms with Gasteiger partial charge in [0, 0.05) is 44.6 Å². The second-order valence-corrected chi connectivity index (χ2v) is 12.8. The Bertz CT molecular complexity index is 1870. The lowest BCUT2D eigenvalue weighted by Crippen LogP contribution is -2.46. The minimum atomic E-state index is -0.128. The molecular weight excluding hydrogens is 623 g/mol. The quantitative estimate of drug-likeness (QED) is 0.155. The minimum absolute atomic E-state index is 0.128. The maximum atomic E-state index is 13.3. The highest BCUT2D eigenvalue weighted by Crippen LogP contribution is 2.38. The molecule has 1 saturated heterocycles. The van der Waals surface area contributed by atoms with Crippen LogP contribution in [0.3, 0.4) is 0 Å². The maximum absolute atomic E-state index is 13.3. The van der Waals surface area contributed by atoms with Crippen LogP contribution < -0.4 is 24.8 Å². The van der Waals surface area contributed by atoms with Gasteiger partial charge in [0.2, 0.25) is 0 Å². The Morgan fingerprint density at radius 1 is 0.750 bits per heavy atom. The Balaban J connectivity index is 0.974. The summed E-state index contributed by atoms with van der Waals surface area (Å²) in [6.07, 6.45) is 0.921. The molecule has 1 amide bonds. The van der Waals surface area contributed by atoms with E-state index in [1.165, 1.54) is 22.5 Å². The van der Waals surface area contributed by atoms with Crippen LogP contribution >= 0.6 is 11.3 Å². The van der Waals surface area contributed by atoms with Crippen LogP contribution in [0.5, 0.6) is 17.2 Å². The lowest BCUT2D eigenvalue weighted by Gasteiger charge is -2.34. The van der Waals surface area contributed by atoms with Crippen molar-refractivity contribution in [3.05, 3.63) is 112 Å². The summed E-state index contributed by atoms with van der Waals surface area (Å²) in [4.78, 5) is 22.6. The van der Waals surface area contributed by atoms with E-state index in [2.05, 4.69) is 55.7 Å². The highest BCUT2D eigenvalue weighted by atomic mass is 32.1. The van der Waals surface area contributed by atoms with Gasteiger partial charge in [0.05, 0.1) is 48.0 Å². The van der Waals surface area contributed by atoms with Gasteiger partial charge in [0.15, 0.2) is 11.5 Å². The highest BCUT2D eigenvalue weighted by Gasteiger charge is 2.21. The van der Waals surface area contributed by atoms with E-state index in [9.17, 15) is 4.79 Å². The lowest BCUT2D eigenvalue weighted by atomic mass is 10.0. The molecule has 2 N–H and O–H groups in total. The van der Waals surface area contributed by atoms with E-state index in [-0.39, 0.29) is 5.91 Å². The van der Waals surface area contributed by atoms with Gasteiger partial charge in [-0.25, -0.2) is 4.98 Å². The third kappa shape index (κ3) is 7.31. The molecule has 1 fully saturated rings. The number of thiazole rings is 1. The fraction of sp³-hybridized carbons (Fsp3) is 0.263. The first kappa shape index (κ1) is 31.7. The number of carbonyl (C=O) groups is 1. The second-order valence-electron chi connectivity index (χ2n) is 12.1. The van der Waals surface area contributed by atoms with Gasteiger partial charge in [-0.3, -0.25) is 9.69 Å². The Hall–Kier alpha value is -4.90. The van der Waals surface area contributed by atoms with Crippen LogP contribution in [0, 0.1) is 0 Å². The molecule has 0 bridgehead atoms. The van der Waals surface area contributed by atoms with Crippen molar-refractivity contribution in [3.63, 3.8) is 0 Å². The van der Waals surface area contributed by atoms with Crippen LogP contribution in [0.1, 0.15) is 27.2 Å². The number of nitrogens with zero attached hydrogens (tertiary/aromatic N) is 3. The second kappa shape index (κ2) is 14.5. The number of fused-ring (bicyclic) bond motifs is 2. The summed E-state index contributed by atoms with van der Waals surface area (Å²) in [5.41, 5.74) is 10.1. The Morgan fingerprint density at radius 3 is 2.29 bits per heavy atom. The Morgan fingerprint density at radius 2 is 1.52 bits per heavy atom. The number of anilines is 3. The van der Waals surface area contributed by atoms with Gasteiger partial charge >= 0.3 is 0 Å². The van der Waals surface area contributed by atoms with Crippen LogP contribution in [-0.4, -0.2) is 67.6 Å². The third-order valence-electron chi connectivity index (χ3n) is 8.97. The molecule has 9 nitrogen and oxygen atoms in total. The largest absolute Gasteiger partial charge is 0.497 e. The first-order valence-corrected chi connectivity index (χ1v) is 17.1. The number of rotatable bonds is 11. The van der Waals surface area contributed by atoms with E-state index >= 15 is 0 Å². The van der Waals surface area contributed by atoms with E-state index < -0.39 is 0 Å². The number of aromatic nitrogens is 1. The zero-order valence-corrected chi connectivity index (χ0v) is 28.0. The van der Waals surface area contributed by atoms with Crippen molar-refractivity contribution in [3.8, 4) is 28.4 Å². The number of benzene rings is 4. The number of methoxy groups -OCH3 is 2. The smallest absolute Gasteiger partial charge is 0.257 e. The Kier molecular flexibility index (Phi) is 9.55. The van der Waals surface area contributed by atoms with Crippen LogP contribution in [0.15, 0.2) is 89.8 Å². The molecule has 7 rings (SSSR count). The van der Waals surface area contributed by atoms with E-state index in [0.29, 0.717) is 23.7 Å². The molecule has 10 heteroatoms. The molecule has 0 spiro atoms. The van der Waals surface area contributed by atoms with Crippen molar-refractivity contribution in [2.45, 2.75) is 19.6 Å². The molecule has 246 valence electrons. The zero-order valence-electron chi connectivity index (χ0n) is 27.2. The minimum Gasteiger partial charge on any atom is -0.497 e. The molecular formula is C38H39N5O4S. The van der Waals surface area contributed by atoms with E-state index in [1.54, 1.807) is 19.7 Å². The summed E-state index contributed by atoms with van der Waals surface area (Å²) in [6.45, 7) is 6.52. The first-order valence-electron chi connectivity index (χ1n) is 16.2. The van der Waals surface area contributed by atoms with Crippen molar-refractivity contribution >= 4 is 34.3 Å². The van der Waals surface area contributed by atoms with Gasteiger partial charge < -0.3 is 29.7 Å². The van der Waals surface area contributed by atoms with Gasteiger partial charge in [-0.1, -0.05) is 30.3 Å². The van der Waals surface area contributed by atoms with Gasteiger partial charge in [0.25, 0.3) is 5.91 Å². The summed E-state index contributed by atoms with van der Waals surface area (Å²) < 4.78 is 16.9. The van der Waals surface area contributed by atoms with Crippen molar-refractivity contribution in [2.24, 2.45) is 0 Å². The predicted molar refractivity (Wildman–Crippen MR) is 191 cm³/mol. The summed E-state index contributed by atoms with van der Waals surface area (Å²) in [6, 6.07) is 26.4. The summed E-state index contributed by atoms with van der Waals surface area (Å²) in [5.74, 6) is 2.05. The topological polar surface area (TPSA) is 88.2 Å². The number of amides is 1. The van der Waals surface area contributed by atoms with Gasteiger partial charge in [-0.15, -0.1) is 11.3 Å². The molecule has 2 aliphatic rings. The van der Waals surface area contributed by atoms with Crippen molar-refractivity contribution in [1.82, 2.24) is 14.8 Å². The van der Waals surface area contributed by atoms with Crippen molar-refractivity contribution < 1.29 is 19.0 Å². The van der Waals surface area contributed by atoms with E-state index in [4.69, 9.17) is 14.2 Å². The molecule has 48 heavy (non-hydrogen) atoms. The van der Waals surface area contributed by atoms with Gasteiger partial charge in [-0.2, -0.15) is 0 Å². The van der Waals surface area contributed by atoms with E-state index in [0.717, 1.165) is 85.3 Å². The number of nitrogens with one attached hydrogen (secondary N) is 2. The average Bonchev–Trinajstić information content (AvgIpc) is 3.61. The fourth-order valence-corrected chi connectivity index (χ4v) is 6.74. The number of piperazine rings is 1. The molecule has 2 aliphatic heterocycles. The normalized spacial score (nSPS) is 14.7. The number of ether oxygens (including phenoxy) is 3. The predicted octanol–water partition coefficient (Wildman–Crippen LogP) is 7.08. The molecule has 1 aromatic heterocycles. The molecule has 0 aliphatic carbocycles. The lowest BCUT2D eigenvalue weighted by molar-refractivity contribution is 0.102. The molecule has 0 unspecified atom stereocenters. The van der Waals surface area contributed by atoms with Crippen LogP contribution in [-0.2, 0) is 19.6 Å². The fourth-order valence-electron chi connectivity index (χ4n) is 6.19. The van der Waals surface area contributed by atoms with E-state index in [1.807, 2.05) is 53.9 Å². The van der Waals surface area contributed by atoms with Gasteiger partial charge in [0.1, 0.15) is 12.4 Å². The Labute approximate surface area is 285 Å². The zero-order chi connectivity index (χ0) is 32.9. The van der Waals surface area contributed by atoms with Crippen LogP contribution in [0.2, 0.25) is 0 Å². The third-order valence-corrected chi connectivity index (χ3v) is 9.60. The number of carbonyl (C=O) groups excluding carboxylic acids is 1. The number of hydrogen-bond acceptors (Lipinski definition) is 9. The first-order chi connectivity index (χ1) is 23.5. The van der Waals surface area contributed by atoms with Crippen molar-refractivity contribution in [1.29, 1.82) is 0 Å². The number of hydrogen-bond donors (Lipinski definition) is 2. The maximum Gasteiger partial charge on any atom is 0.257 e. The SMILES string of the molecule is COc1ccc(CN2CCN(CCc3ccc4c(c3)NC(=O)c3ccc(-c5ccc(OCc6cscn6)c(OC)c5)cc3N4)CC2)cc1. The van der Waals surface area contributed by atoms with Gasteiger partial charge in [-0.05, 0) is 77.2 Å². The molecule has 4 aromatic carbocycles. The summed E-state index contributed by atoms with van der Waals surface area (Å²) in [7, 11) is 3.33. The van der Waals surface area contributed by atoms with Crippen molar-refractivity contribution in [2.75, 3.05) is 57.6 Å². The summed E-state index contributed by atoms with van der Waals surface area (Å²) >= 11 is 1.54. The summed E-state index contributed by atoms with van der Waals surface area (Å²) in [5, 5.41) is 8.61. The average molecular weight is 662 g/mol. The van der Waals surface area contributed by atoms with Crippen LogP contribution in [0.4, 0.5) is 17.1 Å².